The predicted molar refractivity (Wildman–Crippen MR) is 69.1 cm³/mol. The number of amides is 1. The zero-order valence-corrected chi connectivity index (χ0v) is 11.2. The number of aromatic nitrogens is 2. The molecule has 0 bridgehead atoms. The summed E-state index contributed by atoms with van der Waals surface area (Å²) in [5.41, 5.74) is 2.03. The van der Waals surface area contributed by atoms with Crippen molar-refractivity contribution in [3.63, 3.8) is 0 Å². The highest BCUT2D eigenvalue weighted by Gasteiger charge is 2.35. The number of hydrazine groups is 1. The van der Waals surface area contributed by atoms with Crippen LogP contribution in [0.4, 0.5) is 24.8 Å². The number of halogens is 3. The van der Waals surface area contributed by atoms with Gasteiger partial charge in [0, 0.05) is 12.1 Å². The molecular formula is C11H15F3N6O. The summed E-state index contributed by atoms with van der Waals surface area (Å²) in [6.45, 7) is 1.53. The van der Waals surface area contributed by atoms with Crippen molar-refractivity contribution in [1.29, 1.82) is 0 Å². The standard InChI is InChI=1S/C11H15F3N6O/c1-5(9(21)17-6-2-3-6)16-7-4-8(20-15)19-10(18-7)11(12,13)14/h4-6H,2-3,15H2,1H3,(H,17,21)(H2,16,18,19,20). The van der Waals surface area contributed by atoms with E-state index < -0.39 is 18.0 Å². The molecule has 0 aromatic carbocycles. The number of nitrogen functional groups attached to an aromatic ring is 1. The maximum Gasteiger partial charge on any atom is 0.451 e. The lowest BCUT2D eigenvalue weighted by molar-refractivity contribution is -0.144. The van der Waals surface area contributed by atoms with Gasteiger partial charge in [0.1, 0.15) is 17.7 Å². The Labute approximate surface area is 118 Å². The van der Waals surface area contributed by atoms with Crippen LogP contribution in [0.15, 0.2) is 6.07 Å². The first-order valence-electron chi connectivity index (χ1n) is 6.29. The number of nitrogens with zero attached hydrogens (tertiary/aromatic N) is 2. The molecule has 5 N–H and O–H groups in total. The van der Waals surface area contributed by atoms with Crippen molar-refractivity contribution >= 4 is 17.5 Å². The van der Waals surface area contributed by atoms with Crippen LogP contribution in [0, 0.1) is 0 Å². The number of rotatable bonds is 5. The zero-order chi connectivity index (χ0) is 15.6. The topological polar surface area (TPSA) is 105 Å². The molecule has 0 aliphatic heterocycles. The molecular weight excluding hydrogens is 289 g/mol. The van der Waals surface area contributed by atoms with Crippen molar-refractivity contribution in [3.8, 4) is 0 Å². The number of alkyl halides is 3. The zero-order valence-electron chi connectivity index (χ0n) is 11.2. The van der Waals surface area contributed by atoms with Gasteiger partial charge in [0.05, 0.1) is 0 Å². The van der Waals surface area contributed by atoms with Crippen molar-refractivity contribution < 1.29 is 18.0 Å². The van der Waals surface area contributed by atoms with Crippen molar-refractivity contribution in [3.05, 3.63) is 11.9 Å². The summed E-state index contributed by atoms with van der Waals surface area (Å²) in [4.78, 5) is 18.3. The van der Waals surface area contributed by atoms with E-state index in [9.17, 15) is 18.0 Å². The van der Waals surface area contributed by atoms with Crippen LogP contribution >= 0.6 is 0 Å². The summed E-state index contributed by atoms with van der Waals surface area (Å²) in [5.74, 6) is 3.11. The second-order valence-electron chi connectivity index (χ2n) is 4.75. The number of nitrogens with two attached hydrogens (primary N) is 1. The van der Waals surface area contributed by atoms with Crippen LogP contribution in [0.25, 0.3) is 0 Å². The maximum absolute atomic E-state index is 12.7. The van der Waals surface area contributed by atoms with Gasteiger partial charge in [-0.25, -0.2) is 15.8 Å². The molecule has 1 aliphatic rings. The van der Waals surface area contributed by atoms with Gasteiger partial charge in [0.2, 0.25) is 11.7 Å². The summed E-state index contributed by atoms with van der Waals surface area (Å²) in [6, 6.07) is 0.627. The molecule has 1 aromatic rings. The number of carbonyl (C=O) groups excluding carboxylic acids is 1. The summed E-state index contributed by atoms with van der Waals surface area (Å²) < 4.78 is 38.0. The van der Waals surface area contributed by atoms with E-state index in [1.807, 2.05) is 5.43 Å². The van der Waals surface area contributed by atoms with E-state index in [4.69, 9.17) is 5.84 Å². The maximum atomic E-state index is 12.7. The molecule has 7 nitrogen and oxygen atoms in total. The van der Waals surface area contributed by atoms with Gasteiger partial charge in [-0.05, 0) is 19.8 Å². The summed E-state index contributed by atoms with van der Waals surface area (Å²) in [7, 11) is 0. The SMILES string of the molecule is CC(Nc1cc(NN)nc(C(F)(F)F)n1)C(=O)NC1CC1. The molecule has 0 spiro atoms. The van der Waals surface area contributed by atoms with Gasteiger partial charge in [0.25, 0.3) is 0 Å². The molecule has 0 radical (unpaired) electrons. The van der Waals surface area contributed by atoms with Crippen LogP contribution < -0.4 is 21.9 Å². The van der Waals surface area contributed by atoms with Crippen LogP contribution in [-0.2, 0) is 11.0 Å². The summed E-state index contributed by atoms with van der Waals surface area (Å²) in [5, 5.41) is 5.34. The van der Waals surface area contributed by atoms with Crippen LogP contribution in [0.1, 0.15) is 25.6 Å². The van der Waals surface area contributed by atoms with Crippen molar-refractivity contribution in [1.82, 2.24) is 15.3 Å². The van der Waals surface area contributed by atoms with Crippen molar-refractivity contribution in [2.45, 2.75) is 38.0 Å². The third kappa shape index (κ3) is 4.18. The number of hydrogen-bond donors (Lipinski definition) is 4. The molecule has 1 aromatic heterocycles. The fourth-order valence-electron chi connectivity index (χ4n) is 1.56. The Balaban J connectivity index is 2.12. The van der Waals surface area contributed by atoms with Crippen LogP contribution in [0.5, 0.6) is 0 Å². The first-order chi connectivity index (χ1) is 9.79. The second-order valence-corrected chi connectivity index (χ2v) is 4.75. The Morgan fingerprint density at radius 3 is 2.52 bits per heavy atom. The van der Waals surface area contributed by atoms with E-state index in [2.05, 4.69) is 20.6 Å². The molecule has 1 aliphatic carbocycles. The molecule has 21 heavy (non-hydrogen) atoms. The van der Waals surface area contributed by atoms with Gasteiger partial charge < -0.3 is 16.1 Å². The van der Waals surface area contributed by atoms with E-state index in [0.717, 1.165) is 12.8 Å². The fourth-order valence-corrected chi connectivity index (χ4v) is 1.56. The minimum Gasteiger partial charge on any atom is -0.358 e. The molecule has 1 fully saturated rings. The Bertz CT molecular complexity index is 531. The molecule has 116 valence electrons. The fraction of sp³-hybridized carbons (Fsp3) is 0.545. The van der Waals surface area contributed by atoms with Crippen LogP contribution in [0.3, 0.4) is 0 Å². The van der Waals surface area contributed by atoms with Crippen LogP contribution in [-0.4, -0.2) is 28.0 Å². The normalized spacial score (nSPS) is 16.2. The summed E-state index contributed by atoms with van der Waals surface area (Å²) >= 11 is 0. The van der Waals surface area contributed by atoms with E-state index in [1.165, 1.54) is 13.0 Å². The molecule has 1 atom stereocenters. The Morgan fingerprint density at radius 1 is 1.38 bits per heavy atom. The molecule has 1 heterocycles. The Kier molecular flexibility index (Phi) is 4.16. The third-order valence-electron chi connectivity index (χ3n) is 2.81. The number of hydrogen-bond acceptors (Lipinski definition) is 6. The van der Waals surface area contributed by atoms with Gasteiger partial charge in [-0.3, -0.25) is 4.79 Å². The largest absolute Gasteiger partial charge is 0.451 e. The highest BCUT2D eigenvalue weighted by Crippen LogP contribution is 2.28. The number of carbonyl (C=O) groups is 1. The minimum atomic E-state index is -4.71. The lowest BCUT2D eigenvalue weighted by atomic mass is 10.3. The molecule has 10 heteroatoms. The second kappa shape index (κ2) is 5.72. The van der Waals surface area contributed by atoms with Gasteiger partial charge >= 0.3 is 6.18 Å². The Morgan fingerprint density at radius 2 is 2.00 bits per heavy atom. The minimum absolute atomic E-state index is 0.135. The number of nitrogens with one attached hydrogen (secondary N) is 3. The van der Waals surface area contributed by atoms with E-state index in [-0.39, 0.29) is 23.6 Å². The molecule has 2 rings (SSSR count). The van der Waals surface area contributed by atoms with Crippen molar-refractivity contribution in [2.75, 3.05) is 10.7 Å². The molecule has 0 saturated heterocycles. The van der Waals surface area contributed by atoms with Gasteiger partial charge in [-0.15, -0.1) is 0 Å². The smallest absolute Gasteiger partial charge is 0.358 e. The molecule has 1 saturated carbocycles. The predicted octanol–water partition coefficient (Wildman–Crippen LogP) is 0.860. The van der Waals surface area contributed by atoms with Gasteiger partial charge in [0.15, 0.2) is 0 Å². The highest BCUT2D eigenvalue weighted by atomic mass is 19.4. The molecule has 1 unspecified atom stereocenters. The number of anilines is 2. The van der Waals surface area contributed by atoms with Crippen molar-refractivity contribution in [2.24, 2.45) is 5.84 Å². The quantitative estimate of drug-likeness (QED) is 0.475. The average Bonchev–Trinajstić information content (AvgIpc) is 3.21. The van der Waals surface area contributed by atoms with E-state index in [1.54, 1.807) is 0 Å². The lowest BCUT2D eigenvalue weighted by Gasteiger charge is -2.16. The van der Waals surface area contributed by atoms with E-state index >= 15 is 0 Å². The monoisotopic (exact) mass is 304 g/mol. The van der Waals surface area contributed by atoms with Gasteiger partial charge in [-0.2, -0.15) is 13.2 Å². The summed E-state index contributed by atoms with van der Waals surface area (Å²) in [6.07, 6.45) is -2.86. The third-order valence-corrected chi connectivity index (χ3v) is 2.81. The van der Waals surface area contributed by atoms with E-state index in [0.29, 0.717) is 0 Å². The van der Waals surface area contributed by atoms with Crippen LogP contribution in [0.2, 0.25) is 0 Å². The van der Waals surface area contributed by atoms with Gasteiger partial charge in [-0.1, -0.05) is 0 Å². The Hall–Kier alpha value is -2.10. The highest BCUT2D eigenvalue weighted by molar-refractivity contribution is 5.84. The lowest BCUT2D eigenvalue weighted by Crippen LogP contribution is -2.39. The first kappa shape index (κ1) is 15.3. The average molecular weight is 304 g/mol. The molecule has 1 amide bonds. The first-order valence-corrected chi connectivity index (χ1v) is 6.29.